The van der Waals surface area contributed by atoms with E-state index in [0.717, 1.165) is 38.8 Å². The van der Waals surface area contributed by atoms with Crippen molar-refractivity contribution in [2.24, 2.45) is 0 Å². The number of phenols is 1. The van der Waals surface area contributed by atoms with Gasteiger partial charge in [0.1, 0.15) is 5.75 Å². The Kier molecular flexibility index (Phi) is 5.77. The molecule has 0 aromatic heterocycles. The molecule has 1 atom stereocenters. The minimum Gasteiger partial charge on any atom is -0.508 e. The fourth-order valence-corrected chi connectivity index (χ4v) is 4.10. The SMILES string of the molecule is C[C@H](C(=O)NC1CCCCC1)N1CCC(c2ccc(O)cc2)CC1. The number of piperidine rings is 1. The first-order valence-corrected chi connectivity index (χ1v) is 9.47. The third-order valence-corrected chi connectivity index (χ3v) is 5.77. The molecule has 2 fully saturated rings. The van der Waals surface area contributed by atoms with Crippen LogP contribution in [0.25, 0.3) is 0 Å². The van der Waals surface area contributed by atoms with Gasteiger partial charge in [-0.3, -0.25) is 9.69 Å². The Balaban J connectivity index is 1.48. The number of hydrogen-bond donors (Lipinski definition) is 2. The Morgan fingerprint density at radius 3 is 2.33 bits per heavy atom. The van der Waals surface area contributed by atoms with Gasteiger partial charge in [-0.1, -0.05) is 31.4 Å². The Morgan fingerprint density at radius 2 is 1.71 bits per heavy atom. The zero-order valence-electron chi connectivity index (χ0n) is 14.7. The van der Waals surface area contributed by atoms with E-state index in [1.807, 2.05) is 19.1 Å². The molecule has 2 N–H and O–H groups in total. The van der Waals surface area contributed by atoms with Crippen molar-refractivity contribution >= 4 is 5.91 Å². The molecule has 1 aromatic rings. The van der Waals surface area contributed by atoms with Crippen LogP contribution in [0.1, 0.15) is 63.4 Å². The van der Waals surface area contributed by atoms with Crippen molar-refractivity contribution < 1.29 is 9.90 Å². The van der Waals surface area contributed by atoms with E-state index in [-0.39, 0.29) is 11.9 Å². The number of rotatable bonds is 4. The van der Waals surface area contributed by atoms with Crippen LogP contribution in [0.15, 0.2) is 24.3 Å². The molecule has 0 unspecified atom stereocenters. The number of hydrogen-bond acceptors (Lipinski definition) is 3. The molecule has 4 heteroatoms. The van der Waals surface area contributed by atoms with Gasteiger partial charge in [0.2, 0.25) is 5.91 Å². The topological polar surface area (TPSA) is 52.6 Å². The smallest absolute Gasteiger partial charge is 0.237 e. The summed E-state index contributed by atoms with van der Waals surface area (Å²) in [6.07, 6.45) is 8.24. The van der Waals surface area contributed by atoms with Crippen molar-refractivity contribution in [1.82, 2.24) is 10.2 Å². The van der Waals surface area contributed by atoms with Gasteiger partial charge in [-0.2, -0.15) is 0 Å². The second-order valence-corrected chi connectivity index (χ2v) is 7.42. The number of carbonyl (C=O) groups is 1. The Hall–Kier alpha value is -1.55. The van der Waals surface area contributed by atoms with Gasteiger partial charge in [-0.15, -0.1) is 0 Å². The monoisotopic (exact) mass is 330 g/mol. The van der Waals surface area contributed by atoms with Crippen molar-refractivity contribution in [2.45, 2.75) is 69.9 Å². The highest BCUT2D eigenvalue weighted by Crippen LogP contribution is 2.29. The fraction of sp³-hybridized carbons (Fsp3) is 0.650. The van der Waals surface area contributed by atoms with E-state index in [1.54, 1.807) is 12.1 Å². The number of amides is 1. The summed E-state index contributed by atoms with van der Waals surface area (Å²) in [5, 5.41) is 12.7. The first kappa shape index (κ1) is 17.3. The minimum absolute atomic E-state index is 0.0345. The maximum absolute atomic E-state index is 12.5. The van der Waals surface area contributed by atoms with Crippen LogP contribution in [0.5, 0.6) is 5.75 Å². The van der Waals surface area contributed by atoms with E-state index in [9.17, 15) is 9.90 Å². The molecule has 1 saturated heterocycles. The van der Waals surface area contributed by atoms with Gasteiger partial charge < -0.3 is 10.4 Å². The van der Waals surface area contributed by atoms with Crippen LogP contribution in [0.3, 0.4) is 0 Å². The number of nitrogens with one attached hydrogen (secondary N) is 1. The second-order valence-electron chi connectivity index (χ2n) is 7.42. The third kappa shape index (κ3) is 4.29. The zero-order chi connectivity index (χ0) is 16.9. The van der Waals surface area contributed by atoms with E-state index in [2.05, 4.69) is 10.2 Å². The Bertz CT molecular complexity index is 529. The van der Waals surface area contributed by atoms with Gasteiger partial charge >= 0.3 is 0 Å². The van der Waals surface area contributed by atoms with Gasteiger partial charge in [0.25, 0.3) is 0 Å². The molecule has 4 nitrogen and oxygen atoms in total. The lowest BCUT2D eigenvalue weighted by atomic mass is 9.89. The van der Waals surface area contributed by atoms with Crippen molar-refractivity contribution in [1.29, 1.82) is 0 Å². The number of likely N-dealkylation sites (tertiary alicyclic amines) is 1. The highest BCUT2D eigenvalue weighted by atomic mass is 16.3. The molecule has 1 amide bonds. The number of benzene rings is 1. The summed E-state index contributed by atoms with van der Waals surface area (Å²) in [4.78, 5) is 14.8. The first-order valence-electron chi connectivity index (χ1n) is 9.47. The molecule has 1 aliphatic heterocycles. The first-order chi connectivity index (χ1) is 11.6. The van der Waals surface area contributed by atoms with Crippen LogP contribution < -0.4 is 5.32 Å². The van der Waals surface area contributed by atoms with Crippen LogP contribution in [-0.4, -0.2) is 41.1 Å². The molecule has 24 heavy (non-hydrogen) atoms. The van der Waals surface area contributed by atoms with Crippen LogP contribution >= 0.6 is 0 Å². The predicted molar refractivity (Wildman–Crippen MR) is 96.1 cm³/mol. The lowest BCUT2D eigenvalue weighted by Gasteiger charge is -2.36. The zero-order valence-corrected chi connectivity index (χ0v) is 14.7. The van der Waals surface area contributed by atoms with Crippen molar-refractivity contribution in [3.63, 3.8) is 0 Å². The van der Waals surface area contributed by atoms with Crippen LogP contribution in [0, 0.1) is 0 Å². The molecule has 1 saturated carbocycles. The number of aromatic hydroxyl groups is 1. The van der Waals surface area contributed by atoms with E-state index in [0.29, 0.717) is 17.7 Å². The van der Waals surface area contributed by atoms with E-state index in [4.69, 9.17) is 0 Å². The molecular weight excluding hydrogens is 300 g/mol. The van der Waals surface area contributed by atoms with Gasteiger partial charge in [-0.25, -0.2) is 0 Å². The lowest BCUT2D eigenvalue weighted by Crippen LogP contribution is -2.50. The highest BCUT2D eigenvalue weighted by Gasteiger charge is 2.28. The molecule has 3 rings (SSSR count). The van der Waals surface area contributed by atoms with Crippen molar-refractivity contribution in [3.8, 4) is 5.75 Å². The van der Waals surface area contributed by atoms with Gasteiger partial charge in [0.15, 0.2) is 0 Å². The maximum atomic E-state index is 12.5. The highest BCUT2D eigenvalue weighted by molar-refractivity contribution is 5.81. The molecule has 132 valence electrons. The van der Waals surface area contributed by atoms with Crippen LogP contribution in [0.4, 0.5) is 0 Å². The molecule has 1 heterocycles. The molecule has 2 aliphatic rings. The molecule has 1 aromatic carbocycles. The summed E-state index contributed by atoms with van der Waals surface area (Å²) in [5.74, 6) is 1.06. The quantitative estimate of drug-likeness (QED) is 0.889. The number of carbonyl (C=O) groups excluding carboxylic acids is 1. The van der Waals surface area contributed by atoms with Gasteiger partial charge in [0, 0.05) is 6.04 Å². The average molecular weight is 330 g/mol. The van der Waals surface area contributed by atoms with E-state index >= 15 is 0 Å². The standard InChI is InChI=1S/C20H30N2O2/c1-15(20(24)21-18-5-3-2-4-6-18)22-13-11-17(12-14-22)16-7-9-19(23)10-8-16/h7-10,15,17-18,23H,2-6,11-14H2,1H3,(H,21,24)/t15-/m1/s1. The minimum atomic E-state index is -0.0345. The summed E-state index contributed by atoms with van der Waals surface area (Å²) in [5.41, 5.74) is 1.30. The fourth-order valence-electron chi connectivity index (χ4n) is 4.10. The van der Waals surface area contributed by atoms with Crippen molar-refractivity contribution in [2.75, 3.05) is 13.1 Å². The summed E-state index contributed by atoms with van der Waals surface area (Å²) >= 11 is 0. The Morgan fingerprint density at radius 1 is 1.08 bits per heavy atom. The van der Waals surface area contributed by atoms with Gasteiger partial charge in [-0.05, 0) is 69.3 Å². The summed E-state index contributed by atoms with van der Waals surface area (Å²) in [6, 6.07) is 7.93. The number of nitrogens with zero attached hydrogens (tertiary/aromatic N) is 1. The van der Waals surface area contributed by atoms with E-state index < -0.39 is 0 Å². The molecular formula is C20H30N2O2. The van der Waals surface area contributed by atoms with E-state index in [1.165, 1.54) is 24.8 Å². The molecule has 0 radical (unpaired) electrons. The second kappa shape index (κ2) is 8.02. The molecule has 1 aliphatic carbocycles. The van der Waals surface area contributed by atoms with Gasteiger partial charge in [0.05, 0.1) is 6.04 Å². The summed E-state index contributed by atoms with van der Waals surface area (Å²) in [7, 11) is 0. The number of phenolic OH excluding ortho intramolecular Hbond substituents is 1. The van der Waals surface area contributed by atoms with Crippen LogP contribution in [0.2, 0.25) is 0 Å². The summed E-state index contributed by atoms with van der Waals surface area (Å²) in [6.45, 7) is 3.97. The Labute approximate surface area is 145 Å². The average Bonchev–Trinajstić information content (AvgIpc) is 2.63. The third-order valence-electron chi connectivity index (χ3n) is 5.77. The lowest BCUT2D eigenvalue weighted by molar-refractivity contribution is -0.127. The largest absolute Gasteiger partial charge is 0.508 e. The summed E-state index contributed by atoms with van der Waals surface area (Å²) < 4.78 is 0. The van der Waals surface area contributed by atoms with Crippen molar-refractivity contribution in [3.05, 3.63) is 29.8 Å². The maximum Gasteiger partial charge on any atom is 0.237 e. The van der Waals surface area contributed by atoms with Crippen LogP contribution in [-0.2, 0) is 4.79 Å². The molecule has 0 spiro atoms. The normalized spacial score (nSPS) is 22.2. The predicted octanol–water partition coefficient (Wildman–Crippen LogP) is 3.41. The molecule has 0 bridgehead atoms.